The first-order chi connectivity index (χ1) is 17.0. The third kappa shape index (κ3) is 5.82. The van der Waals surface area contributed by atoms with Crippen molar-refractivity contribution >= 4 is 29.3 Å². The third-order valence-electron chi connectivity index (χ3n) is 6.16. The summed E-state index contributed by atoms with van der Waals surface area (Å²) < 4.78 is 19.9. The Morgan fingerprint density at radius 2 is 1.91 bits per heavy atom. The summed E-state index contributed by atoms with van der Waals surface area (Å²) in [6.45, 7) is 2.88. The van der Waals surface area contributed by atoms with Crippen LogP contribution in [0.1, 0.15) is 53.3 Å². The first-order valence-electron chi connectivity index (χ1n) is 11.8. The van der Waals surface area contributed by atoms with E-state index in [0.717, 1.165) is 25.7 Å². The number of anilines is 1. The molecule has 3 N–H and O–H groups in total. The third-order valence-corrected chi connectivity index (χ3v) is 6.48. The van der Waals surface area contributed by atoms with Crippen molar-refractivity contribution in [3.05, 3.63) is 70.5 Å². The number of benzene rings is 2. The second kappa shape index (κ2) is 11.4. The maximum Gasteiger partial charge on any atom is 0.259 e. The van der Waals surface area contributed by atoms with Crippen molar-refractivity contribution in [1.82, 2.24) is 15.8 Å². The molecule has 0 spiro atoms. The van der Waals surface area contributed by atoms with Crippen LogP contribution in [0.4, 0.5) is 10.3 Å². The first-order valence-corrected chi connectivity index (χ1v) is 12.2. The van der Waals surface area contributed by atoms with E-state index in [9.17, 15) is 14.0 Å². The summed E-state index contributed by atoms with van der Waals surface area (Å²) in [6, 6.07) is 13.3. The number of aromatic nitrogens is 1. The van der Waals surface area contributed by atoms with Gasteiger partial charge in [-0.05, 0) is 56.4 Å². The van der Waals surface area contributed by atoms with Crippen LogP contribution in [0, 0.1) is 11.7 Å². The molecule has 0 saturated heterocycles. The Kier molecular flexibility index (Phi) is 8.02. The zero-order valence-corrected chi connectivity index (χ0v) is 20.2. The summed E-state index contributed by atoms with van der Waals surface area (Å²) in [5.74, 6) is -0.701. The number of carbonyl (C=O) groups is 2. The number of halogens is 2. The van der Waals surface area contributed by atoms with E-state index in [1.165, 1.54) is 12.1 Å². The van der Waals surface area contributed by atoms with Crippen LogP contribution in [0.25, 0.3) is 11.3 Å². The minimum Gasteiger partial charge on any atom is -0.354 e. The van der Waals surface area contributed by atoms with Crippen LogP contribution in [0.5, 0.6) is 0 Å². The fourth-order valence-electron chi connectivity index (χ4n) is 4.47. The lowest BCUT2D eigenvalue weighted by atomic mass is 9.85. The molecular weight excluding hydrogens is 471 g/mol. The highest BCUT2D eigenvalue weighted by Crippen LogP contribution is 2.35. The molecule has 0 radical (unpaired) electrons. The highest BCUT2D eigenvalue weighted by molar-refractivity contribution is 6.33. The summed E-state index contributed by atoms with van der Waals surface area (Å²) in [5.41, 5.74) is 0.829. The van der Waals surface area contributed by atoms with Gasteiger partial charge in [-0.15, -0.1) is 0 Å². The number of carbonyl (C=O) groups excluding carboxylic acids is 2. The average molecular weight is 499 g/mol. The molecule has 35 heavy (non-hydrogen) atoms. The highest BCUT2D eigenvalue weighted by Gasteiger charge is 2.30. The molecule has 1 aliphatic rings. The number of rotatable bonds is 8. The molecule has 184 valence electrons. The van der Waals surface area contributed by atoms with Crippen molar-refractivity contribution in [2.75, 3.05) is 18.4 Å². The molecule has 1 saturated carbocycles. The molecule has 1 heterocycles. The number of nitrogens with one attached hydrogen (secondary N) is 3. The molecule has 2 unspecified atom stereocenters. The van der Waals surface area contributed by atoms with E-state index in [1.807, 2.05) is 25.1 Å². The van der Waals surface area contributed by atoms with E-state index < -0.39 is 11.7 Å². The quantitative estimate of drug-likeness (QED) is 0.392. The predicted octanol–water partition coefficient (Wildman–Crippen LogP) is 5.28. The highest BCUT2D eigenvalue weighted by atomic mass is 35.5. The standard InChI is InChI=1S/C26H28ClFN4O3/c1-2-29-26-22(23(32-35-26)21-19(27)12-7-13-20(21)28)25(34)31-18-11-6-8-16(14-18)15-30-24(33)17-9-4-3-5-10-17/h3-5,7,9-10,12-13,16,18,29H,2,6,8,11,14-15H2,1H3,(H,30,33)(H,31,34). The van der Waals surface area contributed by atoms with Gasteiger partial charge in [0.25, 0.3) is 11.8 Å². The number of hydrogen-bond acceptors (Lipinski definition) is 5. The monoisotopic (exact) mass is 498 g/mol. The van der Waals surface area contributed by atoms with Gasteiger partial charge < -0.3 is 20.5 Å². The summed E-state index contributed by atoms with van der Waals surface area (Å²) >= 11 is 6.23. The van der Waals surface area contributed by atoms with Gasteiger partial charge in [0, 0.05) is 24.7 Å². The second-order valence-electron chi connectivity index (χ2n) is 8.64. The molecule has 1 fully saturated rings. The molecular formula is C26H28ClFN4O3. The minimum atomic E-state index is -0.588. The Bertz CT molecular complexity index is 1160. The van der Waals surface area contributed by atoms with Gasteiger partial charge in [0.1, 0.15) is 17.1 Å². The van der Waals surface area contributed by atoms with Crippen LogP contribution >= 0.6 is 11.6 Å². The van der Waals surface area contributed by atoms with Crippen molar-refractivity contribution in [1.29, 1.82) is 0 Å². The van der Waals surface area contributed by atoms with E-state index in [4.69, 9.17) is 16.1 Å². The van der Waals surface area contributed by atoms with E-state index in [2.05, 4.69) is 21.1 Å². The molecule has 3 aromatic rings. The van der Waals surface area contributed by atoms with Gasteiger partial charge in [-0.25, -0.2) is 4.39 Å². The molecule has 1 aliphatic carbocycles. The minimum absolute atomic E-state index is 0.0253. The van der Waals surface area contributed by atoms with Crippen molar-refractivity contribution in [3.8, 4) is 11.3 Å². The number of hydrogen-bond donors (Lipinski definition) is 3. The number of nitrogens with zero attached hydrogens (tertiary/aromatic N) is 1. The number of amides is 2. The van der Waals surface area contributed by atoms with Gasteiger partial charge in [0.05, 0.1) is 10.6 Å². The summed E-state index contributed by atoms with van der Waals surface area (Å²) in [7, 11) is 0. The molecule has 7 nitrogen and oxygen atoms in total. The van der Waals surface area contributed by atoms with Crippen molar-refractivity contribution < 1.29 is 18.5 Å². The fraction of sp³-hybridized carbons (Fsp3) is 0.346. The Morgan fingerprint density at radius 3 is 2.66 bits per heavy atom. The van der Waals surface area contributed by atoms with Crippen LogP contribution in [-0.2, 0) is 0 Å². The second-order valence-corrected chi connectivity index (χ2v) is 9.05. The molecule has 4 rings (SSSR count). The molecule has 0 aliphatic heterocycles. The average Bonchev–Trinajstić information content (AvgIpc) is 3.26. The summed E-state index contributed by atoms with van der Waals surface area (Å²) in [4.78, 5) is 25.7. The maximum atomic E-state index is 14.6. The Balaban J connectivity index is 1.45. The lowest BCUT2D eigenvalue weighted by Crippen LogP contribution is -2.41. The van der Waals surface area contributed by atoms with Gasteiger partial charge in [-0.3, -0.25) is 9.59 Å². The smallest absolute Gasteiger partial charge is 0.259 e. The zero-order valence-electron chi connectivity index (χ0n) is 19.4. The first kappa shape index (κ1) is 24.7. The van der Waals surface area contributed by atoms with E-state index in [0.29, 0.717) is 18.7 Å². The topological polar surface area (TPSA) is 96.3 Å². The van der Waals surface area contributed by atoms with Crippen molar-refractivity contribution in [2.45, 2.75) is 38.6 Å². The molecule has 1 aromatic heterocycles. The van der Waals surface area contributed by atoms with Gasteiger partial charge in [0.15, 0.2) is 0 Å². The van der Waals surface area contributed by atoms with Gasteiger partial charge in [0.2, 0.25) is 5.88 Å². The van der Waals surface area contributed by atoms with Crippen LogP contribution in [-0.4, -0.2) is 36.1 Å². The van der Waals surface area contributed by atoms with Gasteiger partial charge in [-0.2, -0.15) is 0 Å². The van der Waals surface area contributed by atoms with E-state index in [-0.39, 0.29) is 45.6 Å². The Hall–Kier alpha value is -3.39. The van der Waals surface area contributed by atoms with E-state index in [1.54, 1.807) is 18.2 Å². The Labute approximate surface area is 208 Å². The lowest BCUT2D eigenvalue weighted by molar-refractivity contribution is 0.0902. The predicted molar refractivity (Wildman–Crippen MR) is 133 cm³/mol. The largest absolute Gasteiger partial charge is 0.354 e. The fourth-order valence-corrected chi connectivity index (χ4v) is 4.72. The van der Waals surface area contributed by atoms with E-state index >= 15 is 0 Å². The molecule has 2 amide bonds. The van der Waals surface area contributed by atoms with Crippen LogP contribution in [0.15, 0.2) is 53.1 Å². The van der Waals surface area contributed by atoms with Crippen LogP contribution in [0.3, 0.4) is 0 Å². The van der Waals surface area contributed by atoms with Crippen LogP contribution < -0.4 is 16.0 Å². The van der Waals surface area contributed by atoms with Crippen LogP contribution in [0.2, 0.25) is 5.02 Å². The summed E-state index contributed by atoms with van der Waals surface area (Å²) in [5, 5.41) is 13.1. The van der Waals surface area contributed by atoms with Gasteiger partial charge >= 0.3 is 0 Å². The maximum absolute atomic E-state index is 14.6. The molecule has 2 aromatic carbocycles. The van der Waals surface area contributed by atoms with Crippen molar-refractivity contribution in [3.63, 3.8) is 0 Å². The van der Waals surface area contributed by atoms with Crippen molar-refractivity contribution in [2.24, 2.45) is 5.92 Å². The molecule has 2 atom stereocenters. The lowest BCUT2D eigenvalue weighted by Gasteiger charge is -2.30. The van der Waals surface area contributed by atoms with Gasteiger partial charge in [-0.1, -0.05) is 47.4 Å². The zero-order chi connectivity index (χ0) is 24.8. The molecule has 0 bridgehead atoms. The SMILES string of the molecule is CCNc1onc(-c2c(F)cccc2Cl)c1C(=O)NC1CCCC(CNC(=O)c2ccccc2)C1. The summed E-state index contributed by atoms with van der Waals surface area (Å²) in [6.07, 6.45) is 3.42. The normalized spacial score (nSPS) is 17.6. The molecule has 9 heteroatoms. The Morgan fingerprint density at radius 1 is 1.11 bits per heavy atom.